The maximum atomic E-state index is 13.0. The molecule has 0 aliphatic carbocycles. The van der Waals surface area contributed by atoms with E-state index >= 15 is 0 Å². The largest absolute Gasteiger partial charge is 0.491 e. The Morgan fingerprint density at radius 1 is 1.03 bits per heavy atom. The molecule has 1 aliphatic heterocycles. The topological polar surface area (TPSA) is 85.7 Å². The number of benzene rings is 2. The molecule has 2 aromatic carbocycles. The zero-order valence-corrected chi connectivity index (χ0v) is 17.3. The first-order valence-corrected chi connectivity index (χ1v) is 11.0. The molecule has 1 saturated heterocycles. The van der Waals surface area contributed by atoms with E-state index in [4.69, 9.17) is 0 Å². The first kappa shape index (κ1) is 22.0. The van der Waals surface area contributed by atoms with Gasteiger partial charge in [0.25, 0.3) is 10.0 Å². The standard InChI is InChI=1S/C21H17F3N2O5S/c22-21(23,24)20(28)31-19(27)18-10-11-25(18)13-14-5-4-8-17-16(14)9-12-26(17)32(29,30)15-6-2-1-3-7-15/h1-9,12,18H,10-11,13H2/t18-/m0/s1. The molecular formula is C21H17F3N2O5S. The van der Waals surface area contributed by atoms with Crippen molar-refractivity contribution >= 4 is 32.9 Å². The van der Waals surface area contributed by atoms with Crippen LogP contribution in [0.25, 0.3) is 10.9 Å². The van der Waals surface area contributed by atoms with Crippen molar-refractivity contribution in [1.29, 1.82) is 0 Å². The van der Waals surface area contributed by atoms with Crippen molar-refractivity contribution in [3.8, 4) is 0 Å². The normalized spacial score (nSPS) is 17.2. The van der Waals surface area contributed by atoms with Crippen LogP contribution in [0, 0.1) is 0 Å². The second kappa shape index (κ2) is 8.06. The quantitative estimate of drug-likeness (QED) is 0.424. The summed E-state index contributed by atoms with van der Waals surface area (Å²) in [4.78, 5) is 24.6. The molecular weight excluding hydrogens is 449 g/mol. The SMILES string of the molecule is O=C(OC(=O)C(F)(F)F)[C@@H]1CCN1Cc1cccc2c1ccn2S(=O)(=O)c1ccccc1. The lowest BCUT2D eigenvalue weighted by atomic mass is 10.0. The fraction of sp³-hybridized carbons (Fsp3) is 0.238. The number of rotatable bonds is 5. The summed E-state index contributed by atoms with van der Waals surface area (Å²) < 4.78 is 68.1. The highest BCUT2D eigenvalue weighted by Crippen LogP contribution is 2.29. The second-order valence-corrected chi connectivity index (χ2v) is 9.08. The highest BCUT2D eigenvalue weighted by molar-refractivity contribution is 7.90. The smallest absolute Gasteiger partial charge is 0.385 e. The van der Waals surface area contributed by atoms with Gasteiger partial charge in [-0.25, -0.2) is 22.0 Å². The first-order valence-electron chi connectivity index (χ1n) is 9.55. The lowest BCUT2D eigenvalue weighted by molar-refractivity contribution is -0.204. The van der Waals surface area contributed by atoms with Crippen LogP contribution in [0.2, 0.25) is 0 Å². The van der Waals surface area contributed by atoms with Crippen LogP contribution in [0.1, 0.15) is 12.0 Å². The molecule has 0 saturated carbocycles. The molecule has 32 heavy (non-hydrogen) atoms. The summed E-state index contributed by atoms with van der Waals surface area (Å²) in [5.41, 5.74) is 1.11. The van der Waals surface area contributed by atoms with E-state index < -0.39 is 34.2 Å². The van der Waals surface area contributed by atoms with E-state index in [0.29, 0.717) is 23.0 Å². The zero-order valence-electron chi connectivity index (χ0n) is 16.4. The third kappa shape index (κ3) is 4.00. The first-order chi connectivity index (χ1) is 15.1. The lowest BCUT2D eigenvalue weighted by Gasteiger charge is -2.38. The number of esters is 2. The number of likely N-dealkylation sites (tertiary alicyclic amines) is 1. The summed E-state index contributed by atoms with van der Waals surface area (Å²) in [5.74, 6) is -3.80. The van der Waals surface area contributed by atoms with Crippen LogP contribution in [-0.4, -0.2) is 48.0 Å². The van der Waals surface area contributed by atoms with Crippen molar-refractivity contribution in [2.75, 3.05) is 6.54 Å². The zero-order chi connectivity index (χ0) is 23.1. The van der Waals surface area contributed by atoms with E-state index in [0.717, 1.165) is 3.97 Å². The molecule has 3 aromatic rings. The van der Waals surface area contributed by atoms with E-state index in [2.05, 4.69) is 4.74 Å². The highest BCUT2D eigenvalue weighted by Gasteiger charge is 2.45. The summed E-state index contributed by atoms with van der Waals surface area (Å²) in [7, 11) is -3.83. The van der Waals surface area contributed by atoms with E-state index in [1.54, 1.807) is 47.4 Å². The number of alkyl halides is 3. The van der Waals surface area contributed by atoms with Gasteiger partial charge in [0, 0.05) is 24.7 Å². The highest BCUT2D eigenvalue weighted by atomic mass is 32.2. The number of hydrogen-bond acceptors (Lipinski definition) is 6. The van der Waals surface area contributed by atoms with Crippen LogP contribution in [0.4, 0.5) is 13.2 Å². The van der Waals surface area contributed by atoms with Crippen molar-refractivity contribution < 1.29 is 35.9 Å². The van der Waals surface area contributed by atoms with Gasteiger partial charge in [-0.05, 0) is 36.2 Å². The minimum absolute atomic E-state index is 0.128. The van der Waals surface area contributed by atoms with Gasteiger partial charge in [0.1, 0.15) is 6.04 Å². The van der Waals surface area contributed by atoms with Crippen LogP contribution < -0.4 is 0 Å². The van der Waals surface area contributed by atoms with Crippen molar-refractivity contribution in [1.82, 2.24) is 8.87 Å². The molecule has 11 heteroatoms. The van der Waals surface area contributed by atoms with Gasteiger partial charge < -0.3 is 4.74 Å². The predicted octanol–water partition coefficient (Wildman–Crippen LogP) is 3.08. The number of fused-ring (bicyclic) bond motifs is 1. The Morgan fingerprint density at radius 2 is 1.75 bits per heavy atom. The second-order valence-electron chi connectivity index (χ2n) is 7.26. The summed E-state index contributed by atoms with van der Waals surface area (Å²) in [5, 5.41) is 0.623. The maximum absolute atomic E-state index is 13.0. The Morgan fingerprint density at radius 3 is 2.38 bits per heavy atom. The minimum atomic E-state index is -5.25. The molecule has 0 amide bonds. The van der Waals surface area contributed by atoms with Gasteiger partial charge in [0.2, 0.25) is 0 Å². The number of ether oxygens (including phenoxy) is 1. The molecule has 0 radical (unpaired) electrons. The van der Waals surface area contributed by atoms with Gasteiger partial charge in [-0.15, -0.1) is 0 Å². The van der Waals surface area contributed by atoms with Crippen molar-refractivity contribution in [2.24, 2.45) is 0 Å². The van der Waals surface area contributed by atoms with Gasteiger partial charge in [-0.1, -0.05) is 30.3 Å². The van der Waals surface area contributed by atoms with Crippen LogP contribution in [-0.2, 0) is 30.9 Å². The number of carbonyl (C=O) groups excluding carboxylic acids is 2. The van der Waals surface area contributed by atoms with E-state index in [-0.39, 0.29) is 17.9 Å². The molecule has 168 valence electrons. The number of nitrogens with zero attached hydrogens (tertiary/aromatic N) is 2. The third-order valence-electron chi connectivity index (χ3n) is 5.29. The van der Waals surface area contributed by atoms with Gasteiger partial charge in [-0.3, -0.25) is 4.90 Å². The summed E-state index contributed by atoms with van der Waals surface area (Å²) >= 11 is 0. The van der Waals surface area contributed by atoms with E-state index in [1.165, 1.54) is 18.3 Å². The van der Waals surface area contributed by atoms with Crippen LogP contribution in [0.5, 0.6) is 0 Å². The van der Waals surface area contributed by atoms with E-state index in [1.807, 2.05) is 0 Å². The molecule has 1 fully saturated rings. The number of aromatic nitrogens is 1. The van der Waals surface area contributed by atoms with Crippen LogP contribution in [0.3, 0.4) is 0 Å². The Balaban J connectivity index is 1.57. The molecule has 0 N–H and O–H groups in total. The number of carbonyl (C=O) groups is 2. The molecule has 0 unspecified atom stereocenters. The van der Waals surface area contributed by atoms with Gasteiger partial charge in [0.15, 0.2) is 0 Å². The maximum Gasteiger partial charge on any atom is 0.491 e. The molecule has 0 spiro atoms. The van der Waals surface area contributed by atoms with Crippen molar-refractivity contribution in [2.45, 2.75) is 30.1 Å². The molecule has 4 rings (SSSR count). The minimum Gasteiger partial charge on any atom is -0.385 e. The Labute approximate surface area is 181 Å². The summed E-state index contributed by atoms with van der Waals surface area (Å²) in [6.07, 6.45) is -3.56. The fourth-order valence-electron chi connectivity index (χ4n) is 3.59. The Hall–Kier alpha value is -3.18. The third-order valence-corrected chi connectivity index (χ3v) is 6.99. The lowest BCUT2D eigenvalue weighted by Crippen LogP contribution is -2.53. The average Bonchev–Trinajstić information content (AvgIpc) is 3.16. The van der Waals surface area contributed by atoms with Crippen molar-refractivity contribution in [3.63, 3.8) is 0 Å². The van der Waals surface area contributed by atoms with Gasteiger partial charge in [0.05, 0.1) is 10.4 Å². The average molecular weight is 466 g/mol. The Kier molecular flexibility index (Phi) is 5.55. The predicted molar refractivity (Wildman–Crippen MR) is 107 cm³/mol. The van der Waals surface area contributed by atoms with Gasteiger partial charge >= 0.3 is 18.1 Å². The molecule has 1 atom stereocenters. The molecule has 1 aromatic heterocycles. The fourth-order valence-corrected chi connectivity index (χ4v) is 4.96. The number of hydrogen-bond donors (Lipinski definition) is 0. The monoisotopic (exact) mass is 466 g/mol. The van der Waals surface area contributed by atoms with E-state index in [9.17, 15) is 31.2 Å². The van der Waals surface area contributed by atoms with Crippen molar-refractivity contribution in [3.05, 3.63) is 66.4 Å². The molecule has 0 bridgehead atoms. The molecule has 2 heterocycles. The number of halogens is 3. The molecule has 1 aliphatic rings. The summed E-state index contributed by atoms with van der Waals surface area (Å²) in [6.45, 7) is 0.589. The van der Waals surface area contributed by atoms with Crippen LogP contribution >= 0.6 is 0 Å². The van der Waals surface area contributed by atoms with Gasteiger partial charge in [-0.2, -0.15) is 13.2 Å². The molecule has 7 nitrogen and oxygen atoms in total. The van der Waals surface area contributed by atoms with Crippen LogP contribution in [0.15, 0.2) is 65.7 Å². The summed E-state index contributed by atoms with van der Waals surface area (Å²) in [6, 6.07) is 13.6. The Bertz CT molecular complexity index is 1290.